The van der Waals surface area contributed by atoms with E-state index in [0.29, 0.717) is 12.9 Å². The van der Waals surface area contributed by atoms with Crippen LogP contribution in [0.5, 0.6) is 0 Å². The van der Waals surface area contributed by atoms with E-state index in [1.165, 1.54) is 6.42 Å². The van der Waals surface area contributed by atoms with Crippen molar-refractivity contribution in [3.63, 3.8) is 0 Å². The van der Waals surface area contributed by atoms with Gasteiger partial charge < -0.3 is 4.74 Å². The second kappa shape index (κ2) is 4.80. The molecule has 0 heterocycles. The molecule has 0 aromatic rings. The molecular formula is C9H14O3. The second-order valence-electron chi connectivity index (χ2n) is 2.86. The molecule has 0 aliphatic carbocycles. The van der Waals surface area contributed by atoms with Gasteiger partial charge in [0.2, 0.25) is 0 Å². The highest BCUT2D eigenvalue weighted by atomic mass is 16.5. The van der Waals surface area contributed by atoms with E-state index in [4.69, 9.17) is 4.74 Å². The zero-order valence-corrected chi connectivity index (χ0v) is 7.50. The lowest BCUT2D eigenvalue weighted by Gasteiger charge is -2.23. The van der Waals surface area contributed by atoms with E-state index in [2.05, 4.69) is 6.92 Å². The summed E-state index contributed by atoms with van der Waals surface area (Å²) in [6.07, 6.45) is 2.05. The quantitative estimate of drug-likeness (QED) is 0.446. The molecule has 0 aromatic carbocycles. The third kappa shape index (κ3) is 3.42. The lowest BCUT2D eigenvalue weighted by Crippen LogP contribution is -2.30. The molecule has 0 aliphatic heterocycles. The Bertz CT molecular complexity index is 165. The van der Waals surface area contributed by atoms with Crippen LogP contribution in [0.15, 0.2) is 0 Å². The molecule has 3 heteroatoms. The van der Waals surface area contributed by atoms with Gasteiger partial charge in [0, 0.05) is 0 Å². The molecular weight excluding hydrogens is 156 g/mol. The normalized spacial score (nSPS) is 14.6. The molecule has 0 saturated heterocycles. The van der Waals surface area contributed by atoms with E-state index in [1.807, 2.05) is 6.92 Å². The van der Waals surface area contributed by atoms with E-state index >= 15 is 0 Å². The maximum Gasteiger partial charge on any atom is 0.293 e. The van der Waals surface area contributed by atoms with Crippen molar-refractivity contribution < 1.29 is 14.3 Å². The first-order chi connectivity index (χ1) is 5.58. The number of ether oxygens (including phenoxy) is 1. The molecule has 3 nitrogen and oxygen atoms in total. The van der Waals surface area contributed by atoms with Gasteiger partial charge >= 0.3 is 0 Å². The molecule has 0 aromatic heterocycles. The minimum absolute atomic E-state index is 0.110. The number of carbonyl (C=O) groups excluding carboxylic acids is 2. The monoisotopic (exact) mass is 170 g/mol. The fourth-order valence-corrected chi connectivity index (χ4v) is 0.807. The van der Waals surface area contributed by atoms with E-state index in [1.54, 1.807) is 6.92 Å². The van der Waals surface area contributed by atoms with Gasteiger partial charge in [-0.2, -0.15) is 0 Å². The Morgan fingerprint density at radius 2 is 2.33 bits per heavy atom. The number of Topliss-reactive ketones (excluding diaryl/α,β-unsaturated/α-hetero) is 1. The van der Waals surface area contributed by atoms with Crippen LogP contribution in [0.2, 0.25) is 0 Å². The van der Waals surface area contributed by atoms with E-state index in [-0.39, 0.29) is 12.2 Å². The SMILES string of the molecule is [CH2-][CH+]C(=O)CC(C)(CC)OC=O. The Labute approximate surface area is 73.1 Å². The molecule has 0 N–H and O–H groups in total. The zero-order valence-electron chi connectivity index (χ0n) is 7.50. The zero-order chi connectivity index (χ0) is 9.61. The molecule has 0 radical (unpaired) electrons. The number of hydrogen-bond acceptors (Lipinski definition) is 3. The molecule has 0 aliphatic rings. The largest absolute Gasteiger partial charge is 0.461 e. The van der Waals surface area contributed by atoms with Gasteiger partial charge in [0.05, 0.1) is 6.42 Å². The van der Waals surface area contributed by atoms with Crippen molar-refractivity contribution in [3.05, 3.63) is 13.3 Å². The summed E-state index contributed by atoms with van der Waals surface area (Å²) in [5.74, 6) is -0.110. The second-order valence-corrected chi connectivity index (χ2v) is 2.86. The summed E-state index contributed by atoms with van der Waals surface area (Å²) in [7, 11) is 0. The molecule has 12 heavy (non-hydrogen) atoms. The summed E-state index contributed by atoms with van der Waals surface area (Å²) < 4.78 is 4.80. The van der Waals surface area contributed by atoms with Gasteiger partial charge in [-0.05, 0) is 19.8 Å². The smallest absolute Gasteiger partial charge is 0.293 e. The van der Waals surface area contributed by atoms with E-state index < -0.39 is 5.60 Å². The number of rotatable bonds is 6. The molecule has 68 valence electrons. The third-order valence-corrected chi connectivity index (χ3v) is 1.86. The van der Waals surface area contributed by atoms with Crippen LogP contribution in [-0.4, -0.2) is 17.9 Å². The molecule has 0 bridgehead atoms. The average Bonchev–Trinajstić information content (AvgIpc) is 2.05. The van der Waals surface area contributed by atoms with Crippen molar-refractivity contribution in [1.29, 1.82) is 0 Å². The Hall–Kier alpha value is -0.990. The Morgan fingerprint density at radius 1 is 1.75 bits per heavy atom. The maximum atomic E-state index is 10.9. The van der Waals surface area contributed by atoms with Gasteiger partial charge in [0.15, 0.2) is 0 Å². The van der Waals surface area contributed by atoms with Crippen molar-refractivity contribution in [2.75, 3.05) is 0 Å². The van der Waals surface area contributed by atoms with Crippen molar-refractivity contribution >= 4 is 12.3 Å². The first-order valence-electron chi connectivity index (χ1n) is 3.84. The molecule has 0 fully saturated rings. The summed E-state index contributed by atoms with van der Waals surface area (Å²) >= 11 is 0. The highest BCUT2D eigenvalue weighted by molar-refractivity contribution is 5.88. The maximum absolute atomic E-state index is 10.9. The first kappa shape index (κ1) is 11.0. The summed E-state index contributed by atoms with van der Waals surface area (Å²) in [5, 5.41) is 0. The molecule has 1 unspecified atom stereocenters. The third-order valence-electron chi connectivity index (χ3n) is 1.86. The Kier molecular flexibility index (Phi) is 4.40. The van der Waals surface area contributed by atoms with Crippen LogP contribution in [0.3, 0.4) is 0 Å². The lowest BCUT2D eigenvalue weighted by molar-refractivity contribution is -0.144. The standard InChI is InChI=1S/C9H14O3/c1-4-8(11)6-9(3,5-2)12-7-10/h4,7H,1,5-6H2,2-3H3. The van der Waals surface area contributed by atoms with Gasteiger partial charge in [-0.3, -0.25) is 4.79 Å². The Morgan fingerprint density at radius 3 is 2.67 bits per heavy atom. The predicted molar refractivity (Wildman–Crippen MR) is 45.1 cm³/mol. The highest BCUT2D eigenvalue weighted by Crippen LogP contribution is 2.19. The van der Waals surface area contributed by atoms with Crippen molar-refractivity contribution in [1.82, 2.24) is 0 Å². The molecule has 0 rings (SSSR count). The number of hydrogen-bond donors (Lipinski definition) is 0. The molecule has 0 amide bonds. The van der Waals surface area contributed by atoms with Crippen molar-refractivity contribution in [2.45, 2.75) is 32.3 Å². The highest BCUT2D eigenvalue weighted by Gasteiger charge is 2.28. The summed E-state index contributed by atoms with van der Waals surface area (Å²) in [6, 6.07) is 0. The van der Waals surface area contributed by atoms with Crippen LogP contribution in [0.4, 0.5) is 0 Å². The topological polar surface area (TPSA) is 43.4 Å². The molecule has 0 saturated carbocycles. The van der Waals surface area contributed by atoms with Crippen molar-refractivity contribution in [2.24, 2.45) is 0 Å². The van der Waals surface area contributed by atoms with E-state index in [9.17, 15) is 9.59 Å². The van der Waals surface area contributed by atoms with Gasteiger partial charge in [-0.1, -0.05) is 6.92 Å². The van der Waals surface area contributed by atoms with Gasteiger partial charge in [-0.25, -0.2) is 4.79 Å². The Balaban J connectivity index is 4.12. The summed E-state index contributed by atoms with van der Waals surface area (Å²) in [4.78, 5) is 21.0. The average molecular weight is 170 g/mol. The van der Waals surface area contributed by atoms with Crippen LogP contribution in [-0.2, 0) is 14.3 Å². The number of carbonyl (C=O) groups is 2. The van der Waals surface area contributed by atoms with Crippen LogP contribution >= 0.6 is 0 Å². The fourth-order valence-electron chi connectivity index (χ4n) is 0.807. The summed E-state index contributed by atoms with van der Waals surface area (Å²) in [5.41, 5.74) is -0.674. The minimum atomic E-state index is -0.674. The van der Waals surface area contributed by atoms with Crippen LogP contribution < -0.4 is 0 Å². The predicted octanol–water partition coefficient (Wildman–Crippen LogP) is 1.33. The van der Waals surface area contributed by atoms with Crippen LogP contribution in [0, 0.1) is 13.3 Å². The lowest BCUT2D eigenvalue weighted by atomic mass is 9.95. The first-order valence-corrected chi connectivity index (χ1v) is 3.84. The van der Waals surface area contributed by atoms with Gasteiger partial charge in [0.25, 0.3) is 12.3 Å². The van der Waals surface area contributed by atoms with Crippen LogP contribution in [0.25, 0.3) is 0 Å². The molecule has 1 atom stereocenters. The molecule has 0 spiro atoms. The van der Waals surface area contributed by atoms with Crippen LogP contribution in [0.1, 0.15) is 26.7 Å². The minimum Gasteiger partial charge on any atom is -0.461 e. The van der Waals surface area contributed by atoms with Crippen molar-refractivity contribution in [3.8, 4) is 0 Å². The van der Waals surface area contributed by atoms with Gasteiger partial charge in [-0.15, -0.1) is 6.92 Å². The van der Waals surface area contributed by atoms with Gasteiger partial charge in [0.1, 0.15) is 5.60 Å². The van der Waals surface area contributed by atoms with E-state index in [0.717, 1.165) is 0 Å². The fraction of sp³-hybridized carbons (Fsp3) is 0.556. The number of ketones is 1. The summed E-state index contributed by atoms with van der Waals surface area (Å²) in [6.45, 7) is 7.31.